The highest BCUT2D eigenvalue weighted by Crippen LogP contribution is 2.49. The number of rotatable bonds is 6. The van der Waals surface area contributed by atoms with Crippen LogP contribution in [0.4, 0.5) is 0 Å². The molecule has 0 spiro atoms. The lowest BCUT2D eigenvalue weighted by Gasteiger charge is -2.52. The molecule has 6 nitrogen and oxygen atoms in total. The number of aliphatic hydroxyl groups is 1. The Kier molecular flexibility index (Phi) is 6.94. The molecule has 2 aromatic rings. The summed E-state index contributed by atoms with van der Waals surface area (Å²) in [6.45, 7) is 0.527. The van der Waals surface area contributed by atoms with E-state index in [4.69, 9.17) is 14.2 Å². The summed E-state index contributed by atoms with van der Waals surface area (Å²) in [6, 6.07) is 13.3. The highest BCUT2D eigenvalue weighted by molar-refractivity contribution is 5.92. The zero-order valence-corrected chi connectivity index (χ0v) is 19.6. The van der Waals surface area contributed by atoms with Crippen LogP contribution in [0.2, 0.25) is 0 Å². The molecule has 1 saturated carbocycles. The highest BCUT2D eigenvalue weighted by atomic mass is 16.5. The molecule has 1 aliphatic heterocycles. The van der Waals surface area contributed by atoms with Crippen LogP contribution in [0.3, 0.4) is 0 Å². The van der Waals surface area contributed by atoms with Crippen molar-refractivity contribution < 1.29 is 24.1 Å². The number of fused-ring (bicyclic) bond motifs is 1. The lowest BCUT2D eigenvalue weighted by atomic mass is 9.66. The summed E-state index contributed by atoms with van der Waals surface area (Å²) in [4.78, 5) is 15.3. The standard InChI is InChI=1S/C27H33NO5/c1-31-21-11-9-20(10-12-21)26-22-6-4-5-15-27(22,30)16-17-28(26)25(29)14-8-19-7-13-23(32-2)24(18-19)33-3/h7-14,18,22,26,30H,4-6,15-17H2,1-3H3/b14-8+/t22?,26-,27?/m0/s1. The number of hydrogen-bond donors (Lipinski definition) is 1. The molecule has 4 rings (SSSR count). The first-order valence-corrected chi connectivity index (χ1v) is 11.6. The van der Waals surface area contributed by atoms with E-state index < -0.39 is 5.60 Å². The number of hydrogen-bond acceptors (Lipinski definition) is 5. The maximum absolute atomic E-state index is 13.4. The Bertz CT molecular complexity index is 1000. The Hall–Kier alpha value is -2.99. The largest absolute Gasteiger partial charge is 0.497 e. The molecular weight excluding hydrogens is 418 g/mol. The van der Waals surface area contributed by atoms with Gasteiger partial charge in [-0.3, -0.25) is 4.79 Å². The van der Waals surface area contributed by atoms with Crippen LogP contribution in [-0.4, -0.2) is 49.4 Å². The van der Waals surface area contributed by atoms with Crippen molar-refractivity contribution in [3.8, 4) is 17.2 Å². The van der Waals surface area contributed by atoms with E-state index in [-0.39, 0.29) is 17.9 Å². The van der Waals surface area contributed by atoms with Gasteiger partial charge in [-0.25, -0.2) is 0 Å². The minimum absolute atomic E-state index is 0.0202. The maximum atomic E-state index is 13.4. The van der Waals surface area contributed by atoms with Gasteiger partial charge in [-0.05, 0) is 60.7 Å². The predicted molar refractivity (Wildman–Crippen MR) is 128 cm³/mol. The smallest absolute Gasteiger partial charge is 0.247 e. The van der Waals surface area contributed by atoms with Crippen molar-refractivity contribution in [2.45, 2.75) is 43.7 Å². The third kappa shape index (κ3) is 4.71. The van der Waals surface area contributed by atoms with Crippen LogP contribution in [-0.2, 0) is 4.79 Å². The normalized spacial score (nSPS) is 24.9. The van der Waals surface area contributed by atoms with E-state index in [1.54, 1.807) is 33.5 Å². The van der Waals surface area contributed by atoms with Crippen LogP contribution in [0.15, 0.2) is 48.5 Å². The molecule has 3 atom stereocenters. The summed E-state index contributed by atoms with van der Waals surface area (Å²) in [6.07, 6.45) is 7.85. The molecule has 0 radical (unpaired) electrons. The van der Waals surface area contributed by atoms with Crippen LogP contribution in [0.25, 0.3) is 6.08 Å². The minimum Gasteiger partial charge on any atom is -0.497 e. The van der Waals surface area contributed by atoms with Crippen molar-refractivity contribution >= 4 is 12.0 Å². The van der Waals surface area contributed by atoms with E-state index in [0.29, 0.717) is 24.5 Å². The zero-order valence-electron chi connectivity index (χ0n) is 19.6. The topological polar surface area (TPSA) is 68.2 Å². The number of methoxy groups -OCH3 is 3. The summed E-state index contributed by atoms with van der Waals surface area (Å²) in [5.41, 5.74) is 1.18. The number of carbonyl (C=O) groups excluding carboxylic acids is 1. The molecule has 2 aliphatic rings. The molecule has 1 heterocycles. The second kappa shape index (κ2) is 9.87. The van der Waals surface area contributed by atoms with Gasteiger partial charge in [0.2, 0.25) is 5.91 Å². The second-order valence-corrected chi connectivity index (χ2v) is 8.90. The van der Waals surface area contributed by atoms with Gasteiger partial charge in [0.05, 0.1) is 33.0 Å². The van der Waals surface area contributed by atoms with E-state index >= 15 is 0 Å². The lowest BCUT2D eigenvalue weighted by molar-refractivity contribution is -0.150. The average molecular weight is 452 g/mol. The summed E-state index contributed by atoms with van der Waals surface area (Å²) < 4.78 is 16.0. The molecule has 0 aromatic heterocycles. The van der Waals surface area contributed by atoms with Gasteiger partial charge in [-0.2, -0.15) is 0 Å². The Morgan fingerprint density at radius 3 is 2.45 bits per heavy atom. The SMILES string of the molecule is COc1ccc([C@H]2C3CCCCC3(O)CCN2C(=O)/C=C/c2ccc(OC)c(OC)c2)cc1. The van der Waals surface area contributed by atoms with Crippen molar-refractivity contribution in [1.82, 2.24) is 4.90 Å². The molecule has 1 N–H and O–H groups in total. The second-order valence-electron chi connectivity index (χ2n) is 8.90. The van der Waals surface area contributed by atoms with Crippen molar-refractivity contribution in [2.24, 2.45) is 5.92 Å². The Labute approximate surface area is 195 Å². The van der Waals surface area contributed by atoms with Gasteiger partial charge >= 0.3 is 0 Å². The number of benzene rings is 2. The first-order valence-electron chi connectivity index (χ1n) is 11.6. The lowest BCUT2D eigenvalue weighted by Crippen LogP contribution is -2.56. The number of likely N-dealkylation sites (tertiary alicyclic amines) is 1. The van der Waals surface area contributed by atoms with Crippen molar-refractivity contribution in [2.75, 3.05) is 27.9 Å². The van der Waals surface area contributed by atoms with E-state index in [1.807, 2.05) is 47.4 Å². The summed E-state index contributed by atoms with van der Waals surface area (Å²) in [5, 5.41) is 11.4. The summed E-state index contributed by atoms with van der Waals surface area (Å²) >= 11 is 0. The van der Waals surface area contributed by atoms with Gasteiger partial charge in [-0.15, -0.1) is 0 Å². The number of ether oxygens (including phenoxy) is 3. The zero-order chi connectivity index (χ0) is 23.4. The fourth-order valence-corrected chi connectivity index (χ4v) is 5.36. The van der Waals surface area contributed by atoms with Gasteiger partial charge < -0.3 is 24.2 Å². The number of amides is 1. The summed E-state index contributed by atoms with van der Waals surface area (Å²) in [5.74, 6) is 2.01. The Morgan fingerprint density at radius 2 is 1.76 bits per heavy atom. The molecule has 2 fully saturated rings. The van der Waals surface area contributed by atoms with Crippen molar-refractivity contribution in [3.05, 3.63) is 59.7 Å². The average Bonchev–Trinajstić information content (AvgIpc) is 2.86. The van der Waals surface area contributed by atoms with E-state index in [2.05, 4.69) is 0 Å². The van der Waals surface area contributed by atoms with Crippen LogP contribution in [0.5, 0.6) is 17.2 Å². The molecule has 176 valence electrons. The fourth-order valence-electron chi connectivity index (χ4n) is 5.36. The van der Waals surface area contributed by atoms with Gasteiger partial charge in [0.1, 0.15) is 5.75 Å². The molecule has 0 bridgehead atoms. The number of piperidine rings is 1. The molecule has 2 unspecified atom stereocenters. The van der Waals surface area contributed by atoms with Crippen molar-refractivity contribution in [3.63, 3.8) is 0 Å². The monoisotopic (exact) mass is 451 g/mol. The Balaban J connectivity index is 1.62. The fraction of sp³-hybridized carbons (Fsp3) is 0.444. The van der Waals surface area contributed by atoms with Gasteiger partial charge in [0.15, 0.2) is 11.5 Å². The minimum atomic E-state index is -0.716. The molecule has 33 heavy (non-hydrogen) atoms. The molecular formula is C27H33NO5. The predicted octanol–water partition coefficient (Wildman–Crippen LogP) is 4.62. The third-order valence-electron chi connectivity index (χ3n) is 7.13. The van der Waals surface area contributed by atoms with Gasteiger partial charge in [0, 0.05) is 18.5 Å². The van der Waals surface area contributed by atoms with Crippen LogP contribution in [0, 0.1) is 5.92 Å². The van der Waals surface area contributed by atoms with Gasteiger partial charge in [-0.1, -0.05) is 31.0 Å². The first-order chi connectivity index (χ1) is 16.0. The maximum Gasteiger partial charge on any atom is 0.247 e. The molecule has 1 saturated heterocycles. The Morgan fingerprint density at radius 1 is 1.00 bits per heavy atom. The van der Waals surface area contributed by atoms with Crippen LogP contribution >= 0.6 is 0 Å². The van der Waals surface area contributed by atoms with Gasteiger partial charge in [0.25, 0.3) is 0 Å². The molecule has 1 aliphatic carbocycles. The first kappa shape index (κ1) is 23.2. The number of carbonyl (C=O) groups is 1. The van der Waals surface area contributed by atoms with Crippen LogP contribution < -0.4 is 14.2 Å². The van der Waals surface area contributed by atoms with Crippen molar-refractivity contribution in [1.29, 1.82) is 0 Å². The third-order valence-corrected chi connectivity index (χ3v) is 7.13. The van der Waals surface area contributed by atoms with E-state index in [9.17, 15) is 9.90 Å². The van der Waals surface area contributed by atoms with Crippen LogP contribution in [0.1, 0.15) is 49.3 Å². The molecule has 2 aromatic carbocycles. The highest BCUT2D eigenvalue weighted by Gasteiger charge is 2.49. The van der Waals surface area contributed by atoms with E-state index in [0.717, 1.165) is 42.6 Å². The molecule has 1 amide bonds. The quantitative estimate of drug-likeness (QED) is 0.649. The summed E-state index contributed by atoms with van der Waals surface area (Å²) in [7, 11) is 4.83. The number of nitrogens with zero attached hydrogens (tertiary/aromatic N) is 1. The van der Waals surface area contributed by atoms with E-state index in [1.165, 1.54) is 0 Å². The molecule has 6 heteroatoms.